The quantitative estimate of drug-likeness (QED) is 0.511. The van der Waals surface area contributed by atoms with E-state index in [0.717, 1.165) is 54.4 Å². The maximum Gasteiger partial charge on any atom is 0.129 e. The summed E-state index contributed by atoms with van der Waals surface area (Å²) in [6, 6.07) is 14.2. The molecule has 2 N–H and O–H groups in total. The molecule has 0 aliphatic rings. The van der Waals surface area contributed by atoms with E-state index in [0.29, 0.717) is 0 Å². The Morgan fingerprint density at radius 1 is 1.07 bits per heavy atom. The van der Waals surface area contributed by atoms with Crippen molar-refractivity contribution in [1.82, 2.24) is 20.3 Å². The molecule has 0 aliphatic carbocycles. The highest BCUT2D eigenvalue weighted by atomic mass is 16.5. The fraction of sp³-hybridized carbons (Fsp3) is 0.348. The summed E-state index contributed by atoms with van der Waals surface area (Å²) in [5.41, 5.74) is 4.21. The van der Waals surface area contributed by atoms with Crippen LogP contribution in [-0.4, -0.2) is 42.2 Å². The maximum absolute atomic E-state index is 5.48. The van der Waals surface area contributed by atoms with Crippen LogP contribution in [0.1, 0.15) is 30.5 Å². The van der Waals surface area contributed by atoms with Gasteiger partial charge in [0.25, 0.3) is 0 Å². The molecule has 0 amide bonds. The van der Waals surface area contributed by atoms with E-state index in [1.807, 2.05) is 43.6 Å². The number of aryl methyl sites for hydroxylation is 1. The van der Waals surface area contributed by atoms with Gasteiger partial charge >= 0.3 is 0 Å². The van der Waals surface area contributed by atoms with E-state index < -0.39 is 0 Å². The number of nitrogens with one attached hydrogen (secondary N) is 2. The molecule has 0 saturated heterocycles. The molecule has 1 atom stereocenters. The van der Waals surface area contributed by atoms with Crippen LogP contribution < -0.4 is 15.4 Å². The van der Waals surface area contributed by atoms with Crippen LogP contribution in [0.4, 0.5) is 5.82 Å². The molecule has 2 heterocycles. The SMILES string of the molecule is CNCCCc1cc(-c2cc(NC[C@@H](C)c3ccccc3OC)ncn2)ccn1. The number of aromatic nitrogens is 3. The fourth-order valence-electron chi connectivity index (χ4n) is 3.27. The normalized spacial score (nSPS) is 11.8. The Hall–Kier alpha value is -2.99. The number of benzene rings is 1. The summed E-state index contributed by atoms with van der Waals surface area (Å²) in [6.45, 7) is 3.91. The average molecular weight is 392 g/mol. The summed E-state index contributed by atoms with van der Waals surface area (Å²) < 4.78 is 5.48. The van der Waals surface area contributed by atoms with Crippen molar-refractivity contribution in [3.63, 3.8) is 0 Å². The summed E-state index contributed by atoms with van der Waals surface area (Å²) in [7, 11) is 3.67. The van der Waals surface area contributed by atoms with E-state index in [-0.39, 0.29) is 5.92 Å². The monoisotopic (exact) mass is 391 g/mol. The Bertz CT molecular complexity index is 915. The van der Waals surface area contributed by atoms with Gasteiger partial charge in [-0.25, -0.2) is 9.97 Å². The standard InChI is InChI=1S/C23H29N5O/c1-17(20-8-4-5-9-22(20)29-3)15-26-23-14-21(27-16-28-23)18-10-12-25-19(13-18)7-6-11-24-2/h4-5,8-10,12-14,16-17,24H,6-7,11,15H2,1-3H3,(H,26,27,28)/t17-/m1/s1. The number of hydrogen-bond acceptors (Lipinski definition) is 6. The third-order valence-electron chi connectivity index (χ3n) is 4.90. The third kappa shape index (κ3) is 5.74. The predicted octanol–water partition coefficient (Wildman–Crippen LogP) is 3.91. The van der Waals surface area contributed by atoms with Gasteiger partial charge in [0.15, 0.2) is 0 Å². The number of para-hydroxylation sites is 1. The lowest BCUT2D eigenvalue weighted by atomic mass is 10.00. The Labute approximate surface area is 172 Å². The minimum Gasteiger partial charge on any atom is -0.496 e. The van der Waals surface area contributed by atoms with Crippen molar-refractivity contribution in [1.29, 1.82) is 0 Å². The highest BCUT2D eigenvalue weighted by Gasteiger charge is 2.11. The van der Waals surface area contributed by atoms with Crippen molar-refractivity contribution in [2.75, 3.05) is 32.6 Å². The topological polar surface area (TPSA) is 72.0 Å². The summed E-state index contributed by atoms with van der Waals surface area (Å²) in [5, 5.41) is 6.60. The first-order valence-corrected chi connectivity index (χ1v) is 10.00. The lowest BCUT2D eigenvalue weighted by Crippen LogP contribution is -2.12. The van der Waals surface area contributed by atoms with E-state index in [9.17, 15) is 0 Å². The molecule has 0 unspecified atom stereocenters. The smallest absolute Gasteiger partial charge is 0.129 e. The van der Waals surface area contributed by atoms with Gasteiger partial charge in [-0.3, -0.25) is 4.98 Å². The van der Waals surface area contributed by atoms with Crippen LogP contribution in [0.3, 0.4) is 0 Å². The first-order valence-electron chi connectivity index (χ1n) is 10.00. The van der Waals surface area contributed by atoms with Gasteiger partial charge in [-0.2, -0.15) is 0 Å². The van der Waals surface area contributed by atoms with Crippen LogP contribution >= 0.6 is 0 Å². The van der Waals surface area contributed by atoms with Crippen LogP contribution in [0.15, 0.2) is 55.0 Å². The summed E-state index contributed by atoms with van der Waals surface area (Å²) >= 11 is 0. The van der Waals surface area contributed by atoms with Crippen molar-refractivity contribution < 1.29 is 4.74 Å². The maximum atomic E-state index is 5.48. The second kappa shape index (κ2) is 10.5. The zero-order valence-electron chi connectivity index (χ0n) is 17.4. The van der Waals surface area contributed by atoms with Crippen LogP contribution in [-0.2, 0) is 6.42 Å². The zero-order valence-corrected chi connectivity index (χ0v) is 17.4. The number of nitrogens with zero attached hydrogens (tertiary/aromatic N) is 3. The van der Waals surface area contributed by atoms with Gasteiger partial charge < -0.3 is 15.4 Å². The van der Waals surface area contributed by atoms with E-state index in [2.05, 4.69) is 44.6 Å². The largest absolute Gasteiger partial charge is 0.496 e. The van der Waals surface area contributed by atoms with E-state index >= 15 is 0 Å². The molecule has 6 nitrogen and oxygen atoms in total. The number of pyridine rings is 1. The molecule has 3 aromatic rings. The second-order valence-electron chi connectivity index (χ2n) is 7.06. The van der Waals surface area contributed by atoms with E-state index in [4.69, 9.17) is 4.74 Å². The molecule has 3 rings (SSSR count). The molecule has 0 aliphatic heterocycles. The molecule has 6 heteroatoms. The molecule has 1 aromatic carbocycles. The van der Waals surface area contributed by atoms with Gasteiger partial charge in [0.1, 0.15) is 17.9 Å². The lowest BCUT2D eigenvalue weighted by Gasteiger charge is -2.16. The molecule has 0 saturated carbocycles. The van der Waals surface area contributed by atoms with Crippen LogP contribution in [0, 0.1) is 0 Å². The molecule has 29 heavy (non-hydrogen) atoms. The Balaban J connectivity index is 1.67. The zero-order chi connectivity index (χ0) is 20.5. The second-order valence-corrected chi connectivity index (χ2v) is 7.06. The molecule has 0 bridgehead atoms. The van der Waals surface area contributed by atoms with Gasteiger partial charge in [-0.1, -0.05) is 25.1 Å². The molecule has 2 aromatic heterocycles. The highest BCUT2D eigenvalue weighted by molar-refractivity contribution is 5.62. The Morgan fingerprint density at radius 2 is 1.93 bits per heavy atom. The first kappa shape index (κ1) is 20.7. The highest BCUT2D eigenvalue weighted by Crippen LogP contribution is 2.26. The molecular formula is C23H29N5O. The van der Waals surface area contributed by atoms with Crippen molar-refractivity contribution in [3.05, 3.63) is 66.2 Å². The fourth-order valence-corrected chi connectivity index (χ4v) is 3.27. The van der Waals surface area contributed by atoms with Gasteiger partial charge in [0.2, 0.25) is 0 Å². The van der Waals surface area contributed by atoms with Gasteiger partial charge in [-0.15, -0.1) is 0 Å². The number of rotatable bonds is 10. The van der Waals surface area contributed by atoms with Crippen LogP contribution in [0.25, 0.3) is 11.3 Å². The molecule has 0 fully saturated rings. The minimum absolute atomic E-state index is 0.282. The van der Waals surface area contributed by atoms with E-state index in [1.165, 1.54) is 5.56 Å². The average Bonchev–Trinajstić information content (AvgIpc) is 2.78. The lowest BCUT2D eigenvalue weighted by molar-refractivity contribution is 0.407. The molecule has 152 valence electrons. The number of hydrogen-bond donors (Lipinski definition) is 2. The van der Waals surface area contributed by atoms with Crippen molar-refractivity contribution in [2.24, 2.45) is 0 Å². The summed E-state index contributed by atoms with van der Waals surface area (Å²) in [4.78, 5) is 13.3. The Kier molecular flexibility index (Phi) is 7.53. The number of methoxy groups -OCH3 is 1. The van der Waals surface area contributed by atoms with Crippen molar-refractivity contribution in [3.8, 4) is 17.0 Å². The summed E-state index contributed by atoms with van der Waals surface area (Å²) in [6.07, 6.45) is 5.46. The minimum atomic E-state index is 0.282. The van der Waals surface area contributed by atoms with Gasteiger partial charge in [0.05, 0.1) is 12.8 Å². The molecular weight excluding hydrogens is 362 g/mol. The predicted molar refractivity (Wildman–Crippen MR) is 117 cm³/mol. The summed E-state index contributed by atoms with van der Waals surface area (Å²) in [5.74, 6) is 2.00. The molecule has 0 radical (unpaired) electrons. The van der Waals surface area contributed by atoms with Crippen molar-refractivity contribution in [2.45, 2.75) is 25.7 Å². The van der Waals surface area contributed by atoms with E-state index in [1.54, 1.807) is 13.4 Å². The van der Waals surface area contributed by atoms with Gasteiger partial charge in [0, 0.05) is 36.0 Å². The first-order chi connectivity index (χ1) is 14.2. The Morgan fingerprint density at radius 3 is 2.76 bits per heavy atom. The number of anilines is 1. The van der Waals surface area contributed by atoms with Crippen molar-refractivity contribution >= 4 is 5.82 Å². The van der Waals surface area contributed by atoms with Gasteiger partial charge in [-0.05, 0) is 50.2 Å². The van der Waals surface area contributed by atoms with Crippen LogP contribution in [0.5, 0.6) is 5.75 Å². The third-order valence-corrected chi connectivity index (χ3v) is 4.90. The van der Waals surface area contributed by atoms with Crippen LogP contribution in [0.2, 0.25) is 0 Å². The molecule has 0 spiro atoms. The number of ether oxygens (including phenoxy) is 1.